The van der Waals surface area contributed by atoms with Gasteiger partial charge in [0.1, 0.15) is 0 Å². The lowest BCUT2D eigenvalue weighted by Crippen LogP contribution is -2.34. The Bertz CT molecular complexity index is 189. The van der Waals surface area contributed by atoms with Gasteiger partial charge in [0.25, 0.3) is 0 Å². The van der Waals surface area contributed by atoms with Crippen LogP contribution in [0.2, 0.25) is 0 Å². The van der Waals surface area contributed by atoms with Crippen molar-refractivity contribution in [3.05, 3.63) is 0 Å². The first kappa shape index (κ1) is 12.5. The van der Waals surface area contributed by atoms with Crippen LogP contribution in [-0.4, -0.2) is 50.7 Å². The van der Waals surface area contributed by atoms with Crippen LogP contribution >= 0.6 is 0 Å². The predicted molar refractivity (Wildman–Crippen MR) is 59.8 cm³/mol. The molecular weight excluding hydrogens is 192 g/mol. The van der Waals surface area contributed by atoms with Gasteiger partial charge in [0.05, 0.1) is 19.3 Å². The molecule has 0 atom stereocenters. The maximum Gasteiger partial charge on any atom is 0.236 e. The number of likely N-dealkylation sites (N-methyl/N-ethyl adjacent to an activating group) is 1. The molecule has 0 unspecified atom stereocenters. The summed E-state index contributed by atoms with van der Waals surface area (Å²) in [6.07, 6.45) is 5.48. The molecule has 4 heteroatoms. The van der Waals surface area contributed by atoms with Crippen molar-refractivity contribution in [1.82, 2.24) is 10.2 Å². The third kappa shape index (κ3) is 5.14. The normalized spacial score (nSPS) is 16.9. The Morgan fingerprint density at radius 3 is 2.67 bits per heavy atom. The van der Waals surface area contributed by atoms with E-state index in [0.717, 1.165) is 6.54 Å². The fourth-order valence-corrected chi connectivity index (χ4v) is 1.71. The molecule has 0 aromatic heterocycles. The molecule has 0 spiro atoms. The Morgan fingerprint density at radius 2 is 2.07 bits per heavy atom. The van der Waals surface area contributed by atoms with E-state index in [1.54, 1.807) is 19.0 Å². The summed E-state index contributed by atoms with van der Waals surface area (Å²) in [7, 11) is 3.53. The van der Waals surface area contributed by atoms with Crippen LogP contribution in [0.3, 0.4) is 0 Å². The zero-order valence-corrected chi connectivity index (χ0v) is 9.79. The minimum absolute atomic E-state index is 0.107. The van der Waals surface area contributed by atoms with Crippen LogP contribution in [0.5, 0.6) is 0 Å². The van der Waals surface area contributed by atoms with E-state index in [4.69, 9.17) is 4.74 Å². The summed E-state index contributed by atoms with van der Waals surface area (Å²) in [5.41, 5.74) is 0. The number of hydrogen-bond donors (Lipinski definition) is 1. The Labute approximate surface area is 92.0 Å². The van der Waals surface area contributed by atoms with Crippen molar-refractivity contribution >= 4 is 5.91 Å². The zero-order chi connectivity index (χ0) is 11.1. The third-order valence-electron chi connectivity index (χ3n) is 2.71. The van der Waals surface area contributed by atoms with Crippen LogP contribution in [-0.2, 0) is 9.53 Å². The van der Waals surface area contributed by atoms with Gasteiger partial charge in [-0.3, -0.25) is 4.79 Å². The van der Waals surface area contributed by atoms with E-state index in [1.165, 1.54) is 25.7 Å². The smallest absolute Gasteiger partial charge is 0.236 e. The van der Waals surface area contributed by atoms with Gasteiger partial charge >= 0.3 is 0 Å². The molecule has 1 fully saturated rings. The van der Waals surface area contributed by atoms with Gasteiger partial charge in [-0.15, -0.1) is 0 Å². The second kappa shape index (κ2) is 6.80. The van der Waals surface area contributed by atoms with Crippen LogP contribution in [0.25, 0.3) is 0 Å². The second-order valence-electron chi connectivity index (χ2n) is 4.24. The highest BCUT2D eigenvalue weighted by Crippen LogP contribution is 2.20. The average Bonchev–Trinajstić information content (AvgIpc) is 2.69. The molecule has 1 amide bonds. The summed E-state index contributed by atoms with van der Waals surface area (Å²) >= 11 is 0. The Balaban J connectivity index is 1.90. The van der Waals surface area contributed by atoms with Crippen molar-refractivity contribution in [3.63, 3.8) is 0 Å². The minimum atomic E-state index is 0.107. The Kier molecular flexibility index (Phi) is 5.65. The van der Waals surface area contributed by atoms with Crippen molar-refractivity contribution < 1.29 is 9.53 Å². The highest BCUT2D eigenvalue weighted by molar-refractivity contribution is 5.77. The predicted octanol–water partition coefficient (Wildman–Crippen LogP) is 0.623. The molecular formula is C11H22N2O2. The van der Waals surface area contributed by atoms with Crippen LogP contribution < -0.4 is 5.32 Å². The number of rotatable bonds is 6. The molecule has 1 aliphatic carbocycles. The molecule has 0 bridgehead atoms. The van der Waals surface area contributed by atoms with E-state index in [9.17, 15) is 4.79 Å². The zero-order valence-electron chi connectivity index (χ0n) is 9.79. The maximum atomic E-state index is 11.2. The Morgan fingerprint density at radius 1 is 1.40 bits per heavy atom. The van der Waals surface area contributed by atoms with Crippen LogP contribution in [0.4, 0.5) is 0 Å². The first-order valence-corrected chi connectivity index (χ1v) is 5.72. The van der Waals surface area contributed by atoms with Crippen molar-refractivity contribution in [2.45, 2.75) is 31.8 Å². The average molecular weight is 214 g/mol. The number of carbonyl (C=O) groups excluding carboxylic acids is 1. The topological polar surface area (TPSA) is 41.6 Å². The SMILES string of the molecule is CN(C)C(=O)CNCCOC1CCCC1. The number of nitrogens with one attached hydrogen (secondary N) is 1. The minimum Gasteiger partial charge on any atom is -0.377 e. The lowest BCUT2D eigenvalue weighted by Gasteiger charge is -2.13. The van der Waals surface area contributed by atoms with Crippen molar-refractivity contribution in [2.75, 3.05) is 33.8 Å². The van der Waals surface area contributed by atoms with Crippen molar-refractivity contribution in [3.8, 4) is 0 Å². The quantitative estimate of drug-likeness (QED) is 0.659. The molecule has 0 saturated heterocycles. The van der Waals surface area contributed by atoms with Crippen molar-refractivity contribution in [2.24, 2.45) is 0 Å². The van der Waals surface area contributed by atoms with E-state index in [-0.39, 0.29) is 5.91 Å². The molecule has 0 aromatic rings. The summed E-state index contributed by atoms with van der Waals surface area (Å²) in [4.78, 5) is 12.8. The highest BCUT2D eigenvalue weighted by Gasteiger charge is 2.14. The number of ether oxygens (including phenoxy) is 1. The van der Waals surface area contributed by atoms with E-state index in [0.29, 0.717) is 19.3 Å². The van der Waals surface area contributed by atoms with Gasteiger partial charge < -0.3 is 15.0 Å². The molecule has 1 aliphatic rings. The molecule has 0 heterocycles. The van der Waals surface area contributed by atoms with Gasteiger partial charge in [-0.25, -0.2) is 0 Å². The first-order valence-electron chi connectivity index (χ1n) is 5.72. The molecule has 0 radical (unpaired) electrons. The van der Waals surface area contributed by atoms with Crippen LogP contribution in [0.1, 0.15) is 25.7 Å². The second-order valence-corrected chi connectivity index (χ2v) is 4.24. The highest BCUT2D eigenvalue weighted by atomic mass is 16.5. The fraction of sp³-hybridized carbons (Fsp3) is 0.909. The molecule has 0 aliphatic heterocycles. The van der Waals surface area contributed by atoms with Crippen LogP contribution in [0, 0.1) is 0 Å². The Hall–Kier alpha value is -0.610. The number of carbonyl (C=O) groups is 1. The largest absolute Gasteiger partial charge is 0.377 e. The van der Waals surface area contributed by atoms with Gasteiger partial charge in [-0.2, -0.15) is 0 Å². The lowest BCUT2D eigenvalue weighted by molar-refractivity contribution is -0.127. The van der Waals surface area contributed by atoms with Gasteiger partial charge in [-0.1, -0.05) is 12.8 Å². The molecule has 4 nitrogen and oxygen atoms in total. The first-order chi connectivity index (χ1) is 7.20. The summed E-state index contributed by atoms with van der Waals surface area (Å²) in [6, 6.07) is 0. The number of hydrogen-bond acceptors (Lipinski definition) is 3. The van der Waals surface area contributed by atoms with E-state index in [2.05, 4.69) is 5.32 Å². The molecule has 15 heavy (non-hydrogen) atoms. The summed E-state index contributed by atoms with van der Waals surface area (Å²) < 4.78 is 5.66. The molecule has 1 rings (SSSR count). The molecule has 0 aromatic carbocycles. The molecule has 1 saturated carbocycles. The van der Waals surface area contributed by atoms with E-state index < -0.39 is 0 Å². The standard InChI is InChI=1S/C11H22N2O2/c1-13(2)11(14)9-12-7-8-15-10-5-3-4-6-10/h10,12H,3-9H2,1-2H3. The number of nitrogens with zero attached hydrogens (tertiary/aromatic N) is 1. The van der Waals surface area contributed by atoms with Gasteiger partial charge in [0.2, 0.25) is 5.91 Å². The van der Waals surface area contributed by atoms with Gasteiger partial charge in [-0.05, 0) is 12.8 Å². The maximum absolute atomic E-state index is 11.2. The van der Waals surface area contributed by atoms with Gasteiger partial charge in [0, 0.05) is 20.6 Å². The van der Waals surface area contributed by atoms with E-state index >= 15 is 0 Å². The monoisotopic (exact) mass is 214 g/mol. The summed E-state index contributed by atoms with van der Waals surface area (Å²) in [6.45, 7) is 1.88. The lowest BCUT2D eigenvalue weighted by atomic mass is 10.3. The summed E-state index contributed by atoms with van der Waals surface area (Å²) in [5.74, 6) is 0.107. The van der Waals surface area contributed by atoms with E-state index in [1.807, 2.05) is 0 Å². The van der Waals surface area contributed by atoms with Gasteiger partial charge in [0.15, 0.2) is 0 Å². The molecule has 1 N–H and O–H groups in total. The molecule has 88 valence electrons. The van der Waals surface area contributed by atoms with Crippen molar-refractivity contribution in [1.29, 1.82) is 0 Å². The number of amides is 1. The third-order valence-corrected chi connectivity index (χ3v) is 2.71. The summed E-state index contributed by atoms with van der Waals surface area (Å²) in [5, 5.41) is 3.07. The fourth-order valence-electron chi connectivity index (χ4n) is 1.71. The van der Waals surface area contributed by atoms with Crippen LogP contribution in [0.15, 0.2) is 0 Å².